The maximum absolute atomic E-state index is 11.0. The Morgan fingerprint density at radius 1 is 1.39 bits per heavy atom. The molecule has 4 nitrogen and oxygen atoms in total. The Bertz CT molecular complexity index is 582. The quantitative estimate of drug-likeness (QED) is 0.851. The van der Waals surface area contributed by atoms with Gasteiger partial charge >= 0.3 is 0 Å². The first kappa shape index (κ1) is 11.3. The van der Waals surface area contributed by atoms with Gasteiger partial charge in [-0.3, -0.25) is 4.79 Å². The number of carbonyl (C=O) groups excluding carboxylic acids is 1. The summed E-state index contributed by atoms with van der Waals surface area (Å²) in [6.07, 6.45) is 5.08. The minimum Gasteiger partial charge on any atom is -0.342 e. The predicted molar refractivity (Wildman–Crippen MR) is 71.6 cm³/mol. The largest absolute Gasteiger partial charge is 0.342 e. The minimum atomic E-state index is -0.0510. The van der Waals surface area contributed by atoms with Crippen molar-refractivity contribution in [2.45, 2.75) is 38.5 Å². The number of aromatic amines is 1. The van der Waals surface area contributed by atoms with Gasteiger partial charge in [0.15, 0.2) is 0 Å². The lowest BCUT2D eigenvalue weighted by Gasteiger charge is -2.02. The van der Waals surface area contributed by atoms with Gasteiger partial charge in [0, 0.05) is 18.5 Å². The van der Waals surface area contributed by atoms with E-state index in [9.17, 15) is 4.79 Å². The van der Waals surface area contributed by atoms with Gasteiger partial charge in [0.25, 0.3) is 0 Å². The number of anilines is 1. The SMILES string of the molecule is CC(=O)Nc1ccc2nc(C3CCCC3)[nH]c2c1. The number of nitrogens with zero attached hydrogens (tertiary/aromatic N) is 1. The number of hydrogen-bond donors (Lipinski definition) is 2. The monoisotopic (exact) mass is 243 g/mol. The molecule has 1 aliphatic carbocycles. The van der Waals surface area contributed by atoms with Gasteiger partial charge in [-0.2, -0.15) is 0 Å². The van der Waals surface area contributed by atoms with Gasteiger partial charge in [-0.05, 0) is 31.0 Å². The Morgan fingerprint density at radius 2 is 2.17 bits per heavy atom. The Labute approximate surface area is 106 Å². The molecule has 1 heterocycles. The molecule has 0 spiro atoms. The molecule has 1 amide bonds. The summed E-state index contributed by atoms with van der Waals surface area (Å²) in [5, 5.41) is 2.79. The molecule has 1 aromatic carbocycles. The maximum atomic E-state index is 11.0. The summed E-state index contributed by atoms with van der Waals surface area (Å²) < 4.78 is 0. The van der Waals surface area contributed by atoms with Crippen LogP contribution in [0.4, 0.5) is 5.69 Å². The van der Waals surface area contributed by atoms with E-state index in [2.05, 4.69) is 15.3 Å². The van der Waals surface area contributed by atoms with Crippen molar-refractivity contribution in [2.75, 3.05) is 5.32 Å². The fourth-order valence-corrected chi connectivity index (χ4v) is 2.70. The first-order valence-electron chi connectivity index (χ1n) is 6.49. The normalized spacial score (nSPS) is 16.3. The number of H-pyrrole nitrogens is 1. The molecule has 1 aliphatic rings. The molecule has 0 aliphatic heterocycles. The van der Waals surface area contributed by atoms with Crippen molar-refractivity contribution in [2.24, 2.45) is 0 Å². The smallest absolute Gasteiger partial charge is 0.221 e. The van der Waals surface area contributed by atoms with E-state index < -0.39 is 0 Å². The number of amides is 1. The Balaban J connectivity index is 1.93. The number of fused-ring (bicyclic) bond motifs is 1. The number of carbonyl (C=O) groups is 1. The molecule has 1 fully saturated rings. The molecule has 0 unspecified atom stereocenters. The second-order valence-corrected chi connectivity index (χ2v) is 5.02. The van der Waals surface area contributed by atoms with Crippen LogP contribution in [0.3, 0.4) is 0 Å². The van der Waals surface area contributed by atoms with E-state index in [4.69, 9.17) is 0 Å². The fraction of sp³-hybridized carbons (Fsp3) is 0.429. The molecule has 2 N–H and O–H groups in total. The van der Waals surface area contributed by atoms with Crippen LogP contribution in [0.2, 0.25) is 0 Å². The highest BCUT2D eigenvalue weighted by molar-refractivity contribution is 5.91. The van der Waals surface area contributed by atoms with Crippen molar-refractivity contribution in [3.8, 4) is 0 Å². The highest BCUT2D eigenvalue weighted by atomic mass is 16.1. The van der Waals surface area contributed by atoms with Crippen LogP contribution in [-0.4, -0.2) is 15.9 Å². The number of rotatable bonds is 2. The van der Waals surface area contributed by atoms with Crippen LogP contribution in [0.25, 0.3) is 11.0 Å². The van der Waals surface area contributed by atoms with Crippen LogP contribution in [0.1, 0.15) is 44.3 Å². The Morgan fingerprint density at radius 3 is 2.89 bits per heavy atom. The van der Waals surface area contributed by atoms with Crippen molar-refractivity contribution in [1.82, 2.24) is 9.97 Å². The molecule has 18 heavy (non-hydrogen) atoms. The summed E-state index contributed by atoms with van der Waals surface area (Å²) in [6.45, 7) is 1.51. The van der Waals surface area contributed by atoms with Crippen molar-refractivity contribution in [3.05, 3.63) is 24.0 Å². The minimum absolute atomic E-state index is 0.0510. The predicted octanol–water partition coefficient (Wildman–Crippen LogP) is 3.18. The van der Waals surface area contributed by atoms with Gasteiger partial charge < -0.3 is 10.3 Å². The lowest BCUT2D eigenvalue weighted by Crippen LogP contribution is -2.05. The zero-order valence-corrected chi connectivity index (χ0v) is 10.5. The molecule has 2 aromatic rings. The summed E-state index contributed by atoms with van der Waals surface area (Å²) in [7, 11) is 0. The highest BCUT2D eigenvalue weighted by Gasteiger charge is 2.20. The molecule has 0 radical (unpaired) electrons. The third-order valence-electron chi connectivity index (χ3n) is 3.56. The zero-order chi connectivity index (χ0) is 12.5. The van der Waals surface area contributed by atoms with Gasteiger partial charge in [-0.1, -0.05) is 12.8 Å². The van der Waals surface area contributed by atoms with E-state index >= 15 is 0 Å². The van der Waals surface area contributed by atoms with E-state index in [0.717, 1.165) is 22.5 Å². The van der Waals surface area contributed by atoms with Crippen molar-refractivity contribution in [3.63, 3.8) is 0 Å². The van der Waals surface area contributed by atoms with Crippen molar-refractivity contribution < 1.29 is 4.79 Å². The zero-order valence-electron chi connectivity index (χ0n) is 10.5. The topological polar surface area (TPSA) is 57.8 Å². The van der Waals surface area contributed by atoms with E-state index in [0.29, 0.717) is 5.92 Å². The summed E-state index contributed by atoms with van der Waals surface area (Å²) in [5.41, 5.74) is 2.80. The summed E-state index contributed by atoms with van der Waals surface area (Å²) in [4.78, 5) is 19.1. The second kappa shape index (κ2) is 4.44. The average Bonchev–Trinajstić information content (AvgIpc) is 2.95. The molecule has 4 heteroatoms. The van der Waals surface area contributed by atoms with Crippen LogP contribution < -0.4 is 5.32 Å². The lowest BCUT2D eigenvalue weighted by atomic mass is 10.1. The van der Waals surface area contributed by atoms with Crippen LogP contribution in [0.5, 0.6) is 0 Å². The summed E-state index contributed by atoms with van der Waals surface area (Å²) >= 11 is 0. The molecule has 0 bridgehead atoms. The van der Waals surface area contributed by atoms with E-state index in [1.165, 1.54) is 32.6 Å². The highest BCUT2D eigenvalue weighted by Crippen LogP contribution is 2.33. The van der Waals surface area contributed by atoms with Crippen LogP contribution >= 0.6 is 0 Å². The number of benzene rings is 1. The number of aromatic nitrogens is 2. The van der Waals surface area contributed by atoms with E-state index in [1.807, 2.05) is 18.2 Å². The van der Waals surface area contributed by atoms with Crippen LogP contribution in [-0.2, 0) is 4.79 Å². The first-order valence-corrected chi connectivity index (χ1v) is 6.49. The van der Waals surface area contributed by atoms with Crippen molar-refractivity contribution >= 4 is 22.6 Å². The molecular formula is C14H17N3O. The van der Waals surface area contributed by atoms with Gasteiger partial charge in [0.05, 0.1) is 11.0 Å². The molecule has 1 saturated carbocycles. The van der Waals surface area contributed by atoms with Gasteiger partial charge in [-0.15, -0.1) is 0 Å². The Kier molecular flexibility index (Phi) is 2.78. The van der Waals surface area contributed by atoms with Crippen LogP contribution in [0, 0.1) is 0 Å². The molecule has 3 rings (SSSR count). The van der Waals surface area contributed by atoms with E-state index in [1.54, 1.807) is 0 Å². The number of imidazole rings is 1. The summed E-state index contributed by atoms with van der Waals surface area (Å²) in [5.74, 6) is 1.63. The molecule has 0 saturated heterocycles. The Hall–Kier alpha value is -1.84. The second-order valence-electron chi connectivity index (χ2n) is 5.02. The fourth-order valence-electron chi connectivity index (χ4n) is 2.70. The number of hydrogen-bond acceptors (Lipinski definition) is 2. The van der Waals surface area contributed by atoms with Crippen molar-refractivity contribution in [1.29, 1.82) is 0 Å². The molecule has 1 aromatic heterocycles. The average molecular weight is 243 g/mol. The number of nitrogens with one attached hydrogen (secondary N) is 2. The van der Waals surface area contributed by atoms with E-state index in [-0.39, 0.29) is 5.91 Å². The molecular weight excluding hydrogens is 226 g/mol. The van der Waals surface area contributed by atoms with Crippen LogP contribution in [0.15, 0.2) is 18.2 Å². The van der Waals surface area contributed by atoms with Gasteiger partial charge in [0.2, 0.25) is 5.91 Å². The third kappa shape index (κ3) is 2.10. The summed E-state index contributed by atoms with van der Waals surface area (Å²) in [6, 6.07) is 5.79. The first-order chi connectivity index (χ1) is 8.72. The standard InChI is InChI=1S/C14H17N3O/c1-9(18)15-11-6-7-12-13(8-11)17-14(16-12)10-4-2-3-5-10/h6-8,10H,2-5H2,1H3,(H,15,18)(H,16,17). The third-order valence-corrected chi connectivity index (χ3v) is 3.56. The lowest BCUT2D eigenvalue weighted by molar-refractivity contribution is -0.114. The van der Waals surface area contributed by atoms with Gasteiger partial charge in [-0.25, -0.2) is 4.98 Å². The van der Waals surface area contributed by atoms with Gasteiger partial charge in [0.1, 0.15) is 5.82 Å². The maximum Gasteiger partial charge on any atom is 0.221 e. The molecule has 0 atom stereocenters. The molecule has 94 valence electrons.